The fourth-order valence-corrected chi connectivity index (χ4v) is 2.69. The van der Waals surface area contributed by atoms with E-state index >= 15 is 0 Å². The van der Waals surface area contributed by atoms with Crippen molar-refractivity contribution >= 4 is 15.7 Å². The lowest BCUT2D eigenvalue weighted by molar-refractivity contribution is 0.478. The van der Waals surface area contributed by atoms with Crippen LogP contribution in [-0.4, -0.2) is 15.0 Å². The standard InChI is InChI=1S/C12H19FN2O2S/c1-3-9(4-2)8-15-18(16,17)10-5-6-12(14)11(13)7-10/h5-7,9,15H,3-4,8,14H2,1-2H3. The number of rotatable bonds is 6. The molecule has 4 nitrogen and oxygen atoms in total. The van der Waals surface area contributed by atoms with E-state index in [-0.39, 0.29) is 10.6 Å². The maximum atomic E-state index is 13.2. The van der Waals surface area contributed by atoms with Crippen molar-refractivity contribution in [3.05, 3.63) is 24.0 Å². The van der Waals surface area contributed by atoms with Crippen LogP contribution in [0.25, 0.3) is 0 Å². The van der Waals surface area contributed by atoms with Gasteiger partial charge in [-0.1, -0.05) is 26.7 Å². The fraction of sp³-hybridized carbons (Fsp3) is 0.500. The van der Waals surface area contributed by atoms with E-state index in [1.54, 1.807) is 0 Å². The minimum Gasteiger partial charge on any atom is -0.396 e. The first-order valence-electron chi connectivity index (χ1n) is 5.95. The van der Waals surface area contributed by atoms with Crippen LogP contribution in [-0.2, 0) is 10.0 Å². The van der Waals surface area contributed by atoms with Crippen molar-refractivity contribution in [2.24, 2.45) is 5.92 Å². The first-order chi connectivity index (χ1) is 8.40. The molecule has 0 aliphatic rings. The van der Waals surface area contributed by atoms with Crippen LogP contribution in [0.4, 0.5) is 10.1 Å². The van der Waals surface area contributed by atoms with E-state index in [0.29, 0.717) is 12.5 Å². The van der Waals surface area contributed by atoms with Crippen LogP contribution in [0.1, 0.15) is 26.7 Å². The van der Waals surface area contributed by atoms with E-state index in [2.05, 4.69) is 4.72 Å². The van der Waals surface area contributed by atoms with Gasteiger partial charge >= 0.3 is 0 Å². The molecule has 0 heterocycles. The lowest BCUT2D eigenvalue weighted by atomic mass is 10.0. The fourth-order valence-electron chi connectivity index (χ4n) is 1.56. The van der Waals surface area contributed by atoms with Gasteiger partial charge in [0.15, 0.2) is 0 Å². The Kier molecular flexibility index (Phi) is 5.10. The van der Waals surface area contributed by atoms with Gasteiger partial charge in [-0.05, 0) is 24.1 Å². The Hall–Kier alpha value is -1.14. The normalized spacial score (nSPS) is 12.0. The van der Waals surface area contributed by atoms with Gasteiger partial charge in [0.05, 0.1) is 10.6 Å². The molecule has 6 heteroatoms. The van der Waals surface area contributed by atoms with Crippen LogP contribution < -0.4 is 10.5 Å². The van der Waals surface area contributed by atoms with Crippen LogP contribution in [0, 0.1) is 11.7 Å². The van der Waals surface area contributed by atoms with Gasteiger partial charge < -0.3 is 5.73 Å². The van der Waals surface area contributed by atoms with Gasteiger partial charge in [-0.3, -0.25) is 0 Å². The summed E-state index contributed by atoms with van der Waals surface area (Å²) < 4.78 is 39.5. The third kappa shape index (κ3) is 3.68. The number of hydrogen-bond donors (Lipinski definition) is 2. The molecule has 3 N–H and O–H groups in total. The van der Waals surface area contributed by atoms with Crippen molar-refractivity contribution in [2.75, 3.05) is 12.3 Å². The molecule has 0 saturated heterocycles. The summed E-state index contributed by atoms with van der Waals surface area (Å²) in [5.74, 6) is -0.432. The van der Waals surface area contributed by atoms with Gasteiger partial charge in [0, 0.05) is 6.54 Å². The molecule has 1 aromatic rings. The smallest absolute Gasteiger partial charge is 0.240 e. The van der Waals surface area contributed by atoms with Gasteiger partial charge in [0.25, 0.3) is 0 Å². The molecule has 0 radical (unpaired) electrons. The van der Waals surface area contributed by atoms with Crippen molar-refractivity contribution in [2.45, 2.75) is 31.6 Å². The second-order valence-electron chi connectivity index (χ2n) is 4.22. The average Bonchev–Trinajstić information content (AvgIpc) is 2.33. The highest BCUT2D eigenvalue weighted by atomic mass is 32.2. The van der Waals surface area contributed by atoms with Crippen LogP contribution in [0.5, 0.6) is 0 Å². The summed E-state index contributed by atoms with van der Waals surface area (Å²) in [5, 5.41) is 0. The molecule has 0 aliphatic heterocycles. The molecule has 18 heavy (non-hydrogen) atoms. The molecule has 0 atom stereocenters. The molecular weight excluding hydrogens is 255 g/mol. The van der Waals surface area contributed by atoms with E-state index in [0.717, 1.165) is 18.9 Å². The van der Waals surface area contributed by atoms with E-state index < -0.39 is 15.8 Å². The highest BCUT2D eigenvalue weighted by Gasteiger charge is 2.16. The summed E-state index contributed by atoms with van der Waals surface area (Å²) in [6, 6.07) is 3.49. The third-order valence-electron chi connectivity index (χ3n) is 3.00. The number of sulfonamides is 1. The predicted molar refractivity (Wildman–Crippen MR) is 70.1 cm³/mol. The largest absolute Gasteiger partial charge is 0.396 e. The van der Waals surface area contributed by atoms with Gasteiger partial charge in [-0.15, -0.1) is 0 Å². The maximum Gasteiger partial charge on any atom is 0.240 e. The zero-order valence-electron chi connectivity index (χ0n) is 10.6. The number of nitrogens with one attached hydrogen (secondary N) is 1. The van der Waals surface area contributed by atoms with Crippen LogP contribution in [0.2, 0.25) is 0 Å². The highest BCUT2D eigenvalue weighted by Crippen LogP contribution is 2.16. The van der Waals surface area contributed by atoms with Crippen molar-refractivity contribution in [1.82, 2.24) is 4.72 Å². The van der Waals surface area contributed by atoms with Crippen molar-refractivity contribution < 1.29 is 12.8 Å². The van der Waals surface area contributed by atoms with E-state index in [1.807, 2.05) is 13.8 Å². The first-order valence-corrected chi connectivity index (χ1v) is 7.43. The molecule has 0 unspecified atom stereocenters. The van der Waals surface area contributed by atoms with Gasteiger partial charge in [-0.25, -0.2) is 17.5 Å². The molecule has 102 valence electrons. The van der Waals surface area contributed by atoms with Crippen LogP contribution >= 0.6 is 0 Å². The summed E-state index contributed by atoms with van der Waals surface area (Å²) in [6.07, 6.45) is 1.80. The Morgan fingerprint density at radius 2 is 1.94 bits per heavy atom. The molecule has 0 fully saturated rings. The van der Waals surface area contributed by atoms with Crippen LogP contribution in [0.3, 0.4) is 0 Å². The molecule has 1 aromatic carbocycles. The molecule has 0 spiro atoms. The Balaban J connectivity index is 2.83. The van der Waals surface area contributed by atoms with Gasteiger partial charge in [0.2, 0.25) is 10.0 Å². The minimum absolute atomic E-state index is 0.0612. The first kappa shape index (κ1) is 14.9. The van der Waals surface area contributed by atoms with Crippen LogP contribution in [0.15, 0.2) is 23.1 Å². The molecule has 0 amide bonds. The van der Waals surface area contributed by atoms with Crippen molar-refractivity contribution in [3.63, 3.8) is 0 Å². The topological polar surface area (TPSA) is 72.2 Å². The second kappa shape index (κ2) is 6.15. The predicted octanol–water partition coefficient (Wildman–Crippen LogP) is 2.12. The molecular formula is C12H19FN2O2S. The van der Waals surface area contributed by atoms with Crippen molar-refractivity contribution in [1.29, 1.82) is 0 Å². The molecule has 0 aliphatic carbocycles. The van der Waals surface area contributed by atoms with Gasteiger partial charge in [-0.2, -0.15) is 0 Å². The third-order valence-corrected chi connectivity index (χ3v) is 4.42. The van der Waals surface area contributed by atoms with Gasteiger partial charge in [0.1, 0.15) is 5.82 Å². The lowest BCUT2D eigenvalue weighted by Crippen LogP contribution is -2.29. The molecule has 1 rings (SSSR count). The Labute approximate surface area is 107 Å². The second-order valence-corrected chi connectivity index (χ2v) is 5.98. The number of halogens is 1. The van der Waals surface area contributed by atoms with E-state index in [4.69, 9.17) is 5.73 Å². The quantitative estimate of drug-likeness (QED) is 0.780. The maximum absolute atomic E-state index is 13.2. The number of benzene rings is 1. The number of hydrogen-bond acceptors (Lipinski definition) is 3. The number of nitrogens with two attached hydrogens (primary N) is 1. The number of nitrogen functional groups attached to an aromatic ring is 1. The summed E-state index contributed by atoms with van der Waals surface area (Å²) >= 11 is 0. The number of anilines is 1. The summed E-state index contributed by atoms with van der Waals surface area (Å²) in [6.45, 7) is 4.37. The monoisotopic (exact) mass is 274 g/mol. The summed E-state index contributed by atoms with van der Waals surface area (Å²) in [4.78, 5) is -0.0971. The Morgan fingerprint density at radius 3 is 2.44 bits per heavy atom. The Bertz CT molecular complexity index is 499. The highest BCUT2D eigenvalue weighted by molar-refractivity contribution is 7.89. The van der Waals surface area contributed by atoms with E-state index in [9.17, 15) is 12.8 Å². The average molecular weight is 274 g/mol. The molecule has 0 bridgehead atoms. The summed E-state index contributed by atoms with van der Waals surface area (Å²) in [7, 11) is -3.66. The van der Waals surface area contributed by atoms with E-state index in [1.165, 1.54) is 12.1 Å². The lowest BCUT2D eigenvalue weighted by Gasteiger charge is -2.13. The summed E-state index contributed by atoms with van der Waals surface area (Å²) in [5.41, 5.74) is 5.25. The SMILES string of the molecule is CCC(CC)CNS(=O)(=O)c1ccc(N)c(F)c1. The molecule has 0 saturated carbocycles. The van der Waals surface area contributed by atoms with Crippen molar-refractivity contribution in [3.8, 4) is 0 Å². The zero-order chi connectivity index (χ0) is 13.8. The minimum atomic E-state index is -3.66. The zero-order valence-corrected chi connectivity index (χ0v) is 11.4. The molecule has 0 aromatic heterocycles. The Morgan fingerprint density at radius 1 is 1.33 bits per heavy atom.